The zero-order valence-corrected chi connectivity index (χ0v) is 15.2. The maximum Gasteiger partial charge on any atom is 0.243 e. The predicted octanol–water partition coefficient (Wildman–Crippen LogP) is 2.54. The Kier molecular flexibility index (Phi) is 6.37. The molecule has 0 unspecified atom stereocenters. The lowest BCUT2D eigenvalue weighted by molar-refractivity contribution is -0.125. The molecule has 0 aromatic heterocycles. The molecule has 5 heteroatoms. The number of amides is 2. The van der Waals surface area contributed by atoms with Gasteiger partial charge in [-0.3, -0.25) is 14.5 Å². The van der Waals surface area contributed by atoms with Crippen molar-refractivity contribution in [1.29, 1.82) is 0 Å². The van der Waals surface area contributed by atoms with Crippen LogP contribution in [0.3, 0.4) is 0 Å². The third-order valence-corrected chi connectivity index (χ3v) is 4.67. The minimum atomic E-state index is -0.190. The molecular formula is C19H29N3O2. The number of rotatable bonds is 5. The first-order valence-electron chi connectivity index (χ1n) is 8.75. The maximum absolute atomic E-state index is 12.1. The van der Waals surface area contributed by atoms with E-state index in [1.54, 1.807) is 0 Å². The van der Waals surface area contributed by atoms with Crippen molar-refractivity contribution in [3.8, 4) is 0 Å². The summed E-state index contributed by atoms with van der Waals surface area (Å²) in [6, 6.07) is 4.52. The van der Waals surface area contributed by atoms with Crippen LogP contribution in [-0.4, -0.2) is 42.4 Å². The number of hydrogen-bond donors (Lipinski definition) is 2. The quantitative estimate of drug-likeness (QED) is 0.871. The Bertz CT molecular complexity index is 590. The van der Waals surface area contributed by atoms with Gasteiger partial charge < -0.3 is 10.6 Å². The lowest BCUT2D eigenvalue weighted by Crippen LogP contribution is -2.45. The second kappa shape index (κ2) is 8.29. The number of anilines is 1. The highest BCUT2D eigenvalue weighted by Gasteiger charge is 2.20. The number of carbonyl (C=O) groups excluding carboxylic acids is 2. The van der Waals surface area contributed by atoms with E-state index < -0.39 is 0 Å². The Balaban J connectivity index is 1.82. The Morgan fingerprint density at radius 1 is 1.12 bits per heavy atom. The number of carbonyl (C=O) groups is 2. The van der Waals surface area contributed by atoms with Crippen LogP contribution in [0, 0.1) is 20.8 Å². The predicted molar refractivity (Wildman–Crippen MR) is 97.2 cm³/mol. The first kappa shape index (κ1) is 18.5. The zero-order chi connectivity index (χ0) is 17.7. The number of benzene rings is 1. The summed E-state index contributed by atoms with van der Waals surface area (Å²) in [6.07, 6.45) is 3.51. The van der Waals surface area contributed by atoms with Gasteiger partial charge in [0.25, 0.3) is 0 Å². The van der Waals surface area contributed by atoms with Gasteiger partial charge >= 0.3 is 0 Å². The van der Waals surface area contributed by atoms with Gasteiger partial charge in [0.1, 0.15) is 0 Å². The van der Waals surface area contributed by atoms with E-state index in [1.807, 2.05) is 32.9 Å². The van der Waals surface area contributed by atoms with Gasteiger partial charge in [0, 0.05) is 11.7 Å². The summed E-state index contributed by atoms with van der Waals surface area (Å²) >= 11 is 0. The largest absolute Gasteiger partial charge is 0.346 e. The number of piperidine rings is 1. The molecule has 24 heavy (non-hydrogen) atoms. The molecule has 5 nitrogen and oxygen atoms in total. The van der Waals surface area contributed by atoms with E-state index in [-0.39, 0.29) is 18.4 Å². The number of likely N-dealkylation sites (tertiary alicyclic amines) is 1. The molecule has 1 atom stereocenters. The van der Waals surface area contributed by atoms with E-state index in [0.717, 1.165) is 36.2 Å². The van der Waals surface area contributed by atoms with Gasteiger partial charge in [-0.15, -0.1) is 0 Å². The van der Waals surface area contributed by atoms with Crippen molar-refractivity contribution in [2.45, 2.75) is 53.0 Å². The van der Waals surface area contributed by atoms with E-state index in [4.69, 9.17) is 0 Å². The first-order chi connectivity index (χ1) is 11.4. The highest BCUT2D eigenvalue weighted by Crippen LogP contribution is 2.21. The van der Waals surface area contributed by atoms with E-state index in [0.29, 0.717) is 12.6 Å². The van der Waals surface area contributed by atoms with Crippen LogP contribution in [0.2, 0.25) is 0 Å². The topological polar surface area (TPSA) is 61.4 Å². The minimum absolute atomic E-state index is 0.00775. The fraction of sp³-hybridized carbons (Fsp3) is 0.579. The zero-order valence-electron chi connectivity index (χ0n) is 15.2. The van der Waals surface area contributed by atoms with Crippen molar-refractivity contribution >= 4 is 17.5 Å². The fourth-order valence-electron chi connectivity index (χ4n) is 3.37. The van der Waals surface area contributed by atoms with Gasteiger partial charge in [-0.05, 0) is 58.2 Å². The molecule has 0 radical (unpaired) electrons. The van der Waals surface area contributed by atoms with Crippen molar-refractivity contribution in [3.63, 3.8) is 0 Å². The standard InChI is InChI=1S/C19H29N3O2/c1-13-9-14(2)19(15(3)10-13)21-17(23)11-20-18(24)12-22-8-6-5-7-16(22)4/h9-10,16H,5-8,11-12H2,1-4H3,(H,20,24)(H,21,23)/t16-/m1/s1. The molecule has 1 fully saturated rings. The van der Waals surface area contributed by atoms with Crippen molar-refractivity contribution in [2.24, 2.45) is 0 Å². The molecule has 2 amide bonds. The summed E-state index contributed by atoms with van der Waals surface area (Å²) in [6.45, 7) is 9.49. The normalized spacial score (nSPS) is 18.2. The highest BCUT2D eigenvalue weighted by atomic mass is 16.2. The molecule has 1 aliphatic heterocycles. The summed E-state index contributed by atoms with van der Waals surface area (Å²) in [5.41, 5.74) is 4.08. The molecule has 2 rings (SSSR count). The third-order valence-electron chi connectivity index (χ3n) is 4.67. The van der Waals surface area contributed by atoms with Crippen LogP contribution in [0.4, 0.5) is 5.69 Å². The van der Waals surface area contributed by atoms with Gasteiger partial charge in [0.2, 0.25) is 11.8 Å². The van der Waals surface area contributed by atoms with Crippen LogP contribution >= 0.6 is 0 Å². The molecule has 1 heterocycles. The van der Waals surface area contributed by atoms with E-state index in [1.165, 1.54) is 12.0 Å². The number of nitrogens with zero attached hydrogens (tertiary/aromatic N) is 1. The lowest BCUT2D eigenvalue weighted by atomic mass is 10.0. The van der Waals surface area contributed by atoms with Crippen LogP contribution in [0.15, 0.2) is 12.1 Å². The van der Waals surface area contributed by atoms with Crippen molar-refractivity contribution in [1.82, 2.24) is 10.2 Å². The average Bonchev–Trinajstić information content (AvgIpc) is 2.51. The third kappa shape index (κ3) is 5.06. The van der Waals surface area contributed by atoms with Crippen molar-refractivity contribution in [3.05, 3.63) is 28.8 Å². The molecule has 2 N–H and O–H groups in total. The molecule has 132 valence electrons. The summed E-state index contributed by atoms with van der Waals surface area (Å²) < 4.78 is 0. The first-order valence-corrected chi connectivity index (χ1v) is 8.75. The fourth-order valence-corrected chi connectivity index (χ4v) is 3.37. The van der Waals surface area contributed by atoms with E-state index in [9.17, 15) is 9.59 Å². The molecular weight excluding hydrogens is 302 g/mol. The van der Waals surface area contributed by atoms with E-state index >= 15 is 0 Å². The summed E-state index contributed by atoms with van der Waals surface area (Å²) in [5.74, 6) is -0.277. The molecule has 1 aliphatic rings. The van der Waals surface area contributed by atoms with Crippen LogP contribution in [0.1, 0.15) is 42.9 Å². The van der Waals surface area contributed by atoms with Crippen LogP contribution < -0.4 is 10.6 Å². The van der Waals surface area contributed by atoms with Gasteiger partial charge in [-0.1, -0.05) is 24.1 Å². The number of nitrogens with one attached hydrogen (secondary N) is 2. The summed E-state index contributed by atoms with van der Waals surface area (Å²) in [5, 5.41) is 5.63. The number of hydrogen-bond acceptors (Lipinski definition) is 3. The molecule has 0 spiro atoms. The second-order valence-electron chi connectivity index (χ2n) is 6.91. The van der Waals surface area contributed by atoms with Crippen LogP contribution in [-0.2, 0) is 9.59 Å². The Morgan fingerprint density at radius 3 is 2.42 bits per heavy atom. The van der Waals surface area contributed by atoms with E-state index in [2.05, 4.69) is 22.5 Å². The van der Waals surface area contributed by atoms with Crippen LogP contribution in [0.25, 0.3) is 0 Å². The maximum atomic E-state index is 12.1. The monoisotopic (exact) mass is 331 g/mol. The smallest absolute Gasteiger partial charge is 0.243 e. The van der Waals surface area contributed by atoms with Gasteiger partial charge in [-0.25, -0.2) is 0 Å². The van der Waals surface area contributed by atoms with Gasteiger partial charge in [0.05, 0.1) is 13.1 Å². The Morgan fingerprint density at radius 2 is 1.79 bits per heavy atom. The molecule has 1 aromatic rings. The molecule has 1 saturated heterocycles. The molecule has 0 bridgehead atoms. The Labute approximate surface area is 144 Å². The average molecular weight is 331 g/mol. The SMILES string of the molecule is Cc1cc(C)c(NC(=O)CNC(=O)CN2CCCC[C@H]2C)c(C)c1. The van der Waals surface area contributed by atoms with Gasteiger partial charge in [-0.2, -0.15) is 0 Å². The second-order valence-corrected chi connectivity index (χ2v) is 6.91. The lowest BCUT2D eigenvalue weighted by Gasteiger charge is -2.32. The number of aryl methyl sites for hydroxylation is 3. The van der Waals surface area contributed by atoms with Gasteiger partial charge in [0.15, 0.2) is 0 Å². The molecule has 0 saturated carbocycles. The van der Waals surface area contributed by atoms with Crippen molar-refractivity contribution in [2.75, 3.05) is 25.0 Å². The minimum Gasteiger partial charge on any atom is -0.346 e. The summed E-state index contributed by atoms with van der Waals surface area (Å²) in [4.78, 5) is 26.4. The summed E-state index contributed by atoms with van der Waals surface area (Å²) in [7, 11) is 0. The Hall–Kier alpha value is -1.88. The van der Waals surface area contributed by atoms with Crippen LogP contribution in [0.5, 0.6) is 0 Å². The molecule has 0 aliphatic carbocycles. The highest BCUT2D eigenvalue weighted by molar-refractivity contribution is 5.96. The van der Waals surface area contributed by atoms with Crippen molar-refractivity contribution < 1.29 is 9.59 Å². The molecule has 1 aromatic carbocycles.